The van der Waals surface area contributed by atoms with Crippen molar-refractivity contribution in [1.29, 1.82) is 0 Å². The Kier molecular flexibility index (Phi) is 14.9. The number of guanidine groups is 1. The first kappa shape index (κ1) is 20.2. The van der Waals surface area contributed by atoms with Gasteiger partial charge in [-0.05, 0) is 14.0 Å². The molecule has 0 rings (SSSR count). The van der Waals surface area contributed by atoms with Gasteiger partial charge in [-0.15, -0.1) is 24.0 Å². The zero-order valence-electron chi connectivity index (χ0n) is 11.8. The first-order chi connectivity index (χ1) is 8.10. The van der Waals surface area contributed by atoms with Gasteiger partial charge in [0.2, 0.25) is 0 Å². The average Bonchev–Trinajstić information content (AvgIpc) is 2.26. The summed E-state index contributed by atoms with van der Waals surface area (Å²) >= 11 is 0. The largest absolute Gasteiger partial charge is 0.383 e. The molecule has 0 aromatic heterocycles. The maximum Gasteiger partial charge on any atom is 0.188 e. The predicted molar refractivity (Wildman–Crippen MR) is 85.8 cm³/mol. The van der Waals surface area contributed by atoms with E-state index in [1.54, 1.807) is 14.2 Å². The molecule has 0 aromatic carbocycles. The number of hydrogen-bond acceptors (Lipinski definition) is 4. The minimum atomic E-state index is 0. The normalized spacial score (nSPS) is 13.3. The van der Waals surface area contributed by atoms with Crippen LogP contribution >= 0.6 is 24.0 Å². The van der Waals surface area contributed by atoms with E-state index in [0.29, 0.717) is 19.1 Å². The number of ether oxygens (including phenoxy) is 2. The van der Waals surface area contributed by atoms with Gasteiger partial charge in [0.1, 0.15) is 0 Å². The molecule has 0 fully saturated rings. The molecule has 0 aliphatic carbocycles. The van der Waals surface area contributed by atoms with Gasteiger partial charge in [-0.3, -0.25) is 4.99 Å². The fraction of sp³-hybridized carbons (Fsp3) is 0.909. The van der Waals surface area contributed by atoms with Crippen molar-refractivity contribution in [2.75, 3.05) is 54.1 Å². The van der Waals surface area contributed by atoms with Crippen LogP contribution in [-0.4, -0.2) is 71.0 Å². The molecule has 0 bridgehead atoms. The Balaban J connectivity index is 0. The smallest absolute Gasteiger partial charge is 0.188 e. The molecule has 0 aliphatic heterocycles. The number of nitrogens with two attached hydrogens (primary N) is 1. The monoisotopic (exact) mass is 374 g/mol. The van der Waals surface area contributed by atoms with E-state index in [0.717, 1.165) is 19.7 Å². The third kappa shape index (κ3) is 12.3. The highest BCUT2D eigenvalue weighted by Crippen LogP contribution is 1.85. The number of likely N-dealkylation sites (N-methyl/N-ethyl adjacent to an activating group) is 1. The van der Waals surface area contributed by atoms with E-state index >= 15 is 0 Å². The zero-order chi connectivity index (χ0) is 13.1. The van der Waals surface area contributed by atoms with Gasteiger partial charge in [0, 0.05) is 33.4 Å². The number of methoxy groups -OCH3 is 2. The van der Waals surface area contributed by atoms with Crippen LogP contribution in [0.2, 0.25) is 0 Å². The number of rotatable bonds is 9. The van der Waals surface area contributed by atoms with Gasteiger partial charge in [0.05, 0.1) is 19.8 Å². The maximum atomic E-state index is 5.73. The topological polar surface area (TPSA) is 72.1 Å². The van der Waals surface area contributed by atoms with E-state index in [1.807, 2.05) is 14.0 Å². The minimum Gasteiger partial charge on any atom is -0.383 e. The van der Waals surface area contributed by atoms with Crippen LogP contribution in [0, 0.1) is 0 Å². The number of hydrogen-bond donors (Lipinski definition) is 2. The van der Waals surface area contributed by atoms with Crippen LogP contribution in [0.15, 0.2) is 4.99 Å². The lowest BCUT2D eigenvalue weighted by molar-refractivity contribution is 0.163. The number of nitrogens with zero attached hydrogens (tertiary/aromatic N) is 2. The Morgan fingerprint density at radius 3 is 2.56 bits per heavy atom. The van der Waals surface area contributed by atoms with Gasteiger partial charge in [0.25, 0.3) is 0 Å². The summed E-state index contributed by atoms with van der Waals surface area (Å²) in [5.74, 6) is 0.467. The molecule has 0 radical (unpaired) electrons. The van der Waals surface area contributed by atoms with Crippen molar-refractivity contribution in [3.8, 4) is 0 Å². The standard InChI is InChI=1S/C11H26N4O2.HI/c1-10(9-17-4)14-11(12)13-5-6-15(2)7-8-16-3;/h10H,5-9H2,1-4H3,(H3,12,13,14);1H. The lowest BCUT2D eigenvalue weighted by Gasteiger charge is -2.15. The molecule has 18 heavy (non-hydrogen) atoms. The van der Waals surface area contributed by atoms with Crippen molar-refractivity contribution < 1.29 is 9.47 Å². The molecule has 0 aliphatic rings. The fourth-order valence-corrected chi connectivity index (χ4v) is 1.29. The molecule has 110 valence electrons. The third-order valence-electron chi connectivity index (χ3n) is 2.25. The van der Waals surface area contributed by atoms with Gasteiger partial charge >= 0.3 is 0 Å². The molecule has 0 amide bonds. The second-order valence-electron chi connectivity index (χ2n) is 4.06. The van der Waals surface area contributed by atoms with E-state index in [-0.39, 0.29) is 30.0 Å². The lowest BCUT2D eigenvalue weighted by atomic mass is 10.4. The fourth-order valence-electron chi connectivity index (χ4n) is 1.29. The Morgan fingerprint density at radius 2 is 2.00 bits per heavy atom. The van der Waals surface area contributed by atoms with E-state index in [2.05, 4.69) is 15.2 Å². The van der Waals surface area contributed by atoms with Crippen LogP contribution < -0.4 is 11.1 Å². The van der Waals surface area contributed by atoms with Crippen LogP contribution in [0.5, 0.6) is 0 Å². The Hall–Kier alpha value is -0.120. The van der Waals surface area contributed by atoms with E-state index in [4.69, 9.17) is 15.2 Å². The van der Waals surface area contributed by atoms with Crippen molar-refractivity contribution >= 4 is 29.9 Å². The summed E-state index contributed by atoms with van der Waals surface area (Å²) in [5.41, 5.74) is 5.73. The second kappa shape index (κ2) is 13.3. The third-order valence-corrected chi connectivity index (χ3v) is 2.25. The Labute approximate surface area is 127 Å². The molecule has 3 N–H and O–H groups in total. The van der Waals surface area contributed by atoms with Crippen LogP contribution in [-0.2, 0) is 9.47 Å². The summed E-state index contributed by atoms with van der Waals surface area (Å²) < 4.78 is 9.99. The summed E-state index contributed by atoms with van der Waals surface area (Å²) in [5, 5.41) is 3.06. The van der Waals surface area contributed by atoms with Gasteiger partial charge < -0.3 is 25.4 Å². The molecule has 7 heteroatoms. The van der Waals surface area contributed by atoms with Crippen molar-refractivity contribution in [2.24, 2.45) is 10.7 Å². The highest BCUT2D eigenvalue weighted by Gasteiger charge is 2.01. The number of halogens is 1. The number of nitrogens with one attached hydrogen (secondary N) is 1. The quantitative estimate of drug-likeness (QED) is 0.341. The molecule has 0 spiro atoms. The molecular formula is C11H27IN4O2. The van der Waals surface area contributed by atoms with Crippen LogP contribution in [0.3, 0.4) is 0 Å². The van der Waals surface area contributed by atoms with Gasteiger partial charge in [-0.25, -0.2) is 0 Å². The lowest BCUT2D eigenvalue weighted by Crippen LogP contribution is -2.41. The van der Waals surface area contributed by atoms with Crippen molar-refractivity contribution in [1.82, 2.24) is 10.2 Å². The van der Waals surface area contributed by atoms with E-state index < -0.39 is 0 Å². The average molecular weight is 374 g/mol. The van der Waals surface area contributed by atoms with E-state index in [1.165, 1.54) is 0 Å². The predicted octanol–water partition coefficient (Wildman–Crippen LogP) is 0.122. The van der Waals surface area contributed by atoms with Crippen LogP contribution in [0.4, 0.5) is 0 Å². The molecule has 1 unspecified atom stereocenters. The Bertz CT molecular complexity index is 217. The SMILES string of the molecule is COCCN(C)CCN=C(N)NC(C)COC.I. The summed E-state index contributed by atoms with van der Waals surface area (Å²) in [4.78, 5) is 6.39. The number of aliphatic imine (C=N–C) groups is 1. The van der Waals surface area contributed by atoms with Crippen molar-refractivity contribution in [2.45, 2.75) is 13.0 Å². The minimum absolute atomic E-state index is 0. The molecule has 1 atom stereocenters. The van der Waals surface area contributed by atoms with Crippen LogP contribution in [0.1, 0.15) is 6.92 Å². The van der Waals surface area contributed by atoms with Crippen LogP contribution in [0.25, 0.3) is 0 Å². The molecule has 0 saturated carbocycles. The maximum absolute atomic E-state index is 5.73. The van der Waals surface area contributed by atoms with E-state index in [9.17, 15) is 0 Å². The summed E-state index contributed by atoms with van der Waals surface area (Å²) in [7, 11) is 5.40. The molecule has 6 nitrogen and oxygen atoms in total. The first-order valence-corrected chi connectivity index (χ1v) is 5.83. The molecule has 0 heterocycles. The summed E-state index contributed by atoms with van der Waals surface area (Å²) in [6, 6.07) is 0.176. The van der Waals surface area contributed by atoms with Gasteiger partial charge in [0.15, 0.2) is 5.96 Å². The summed E-state index contributed by atoms with van der Waals surface area (Å²) in [6.07, 6.45) is 0. The summed E-state index contributed by atoms with van der Waals surface area (Å²) in [6.45, 7) is 5.79. The molecule has 0 saturated heterocycles. The highest BCUT2D eigenvalue weighted by atomic mass is 127. The first-order valence-electron chi connectivity index (χ1n) is 5.83. The second-order valence-corrected chi connectivity index (χ2v) is 4.06. The molecule has 0 aromatic rings. The highest BCUT2D eigenvalue weighted by molar-refractivity contribution is 14.0. The van der Waals surface area contributed by atoms with Crippen molar-refractivity contribution in [3.05, 3.63) is 0 Å². The Morgan fingerprint density at radius 1 is 1.33 bits per heavy atom. The van der Waals surface area contributed by atoms with Crippen molar-refractivity contribution in [3.63, 3.8) is 0 Å². The van der Waals surface area contributed by atoms with Gasteiger partial charge in [-0.1, -0.05) is 0 Å². The molecular weight excluding hydrogens is 347 g/mol. The van der Waals surface area contributed by atoms with Gasteiger partial charge in [-0.2, -0.15) is 0 Å². The zero-order valence-corrected chi connectivity index (χ0v) is 14.1.